The molecule has 7 rings (SSSR count). The minimum Gasteiger partial charge on any atom is -0.473 e. The lowest BCUT2D eigenvalue weighted by Gasteiger charge is -2.38. The minimum atomic E-state index is -0.448. The third kappa shape index (κ3) is 6.65. The molecule has 6 heterocycles. The van der Waals surface area contributed by atoms with Gasteiger partial charge in [-0.05, 0) is 44.7 Å². The van der Waals surface area contributed by atoms with Crippen molar-refractivity contribution >= 4 is 41.2 Å². The number of carbonyl (C=O) groups excluding carboxylic acids is 1. The Kier molecular flexibility index (Phi) is 9.26. The number of anilines is 2. The predicted molar refractivity (Wildman–Crippen MR) is 164 cm³/mol. The number of fused-ring (bicyclic) bond motifs is 1. The van der Waals surface area contributed by atoms with Crippen molar-refractivity contribution < 1.29 is 27.8 Å². The van der Waals surface area contributed by atoms with Gasteiger partial charge in [0.25, 0.3) is 11.9 Å². The van der Waals surface area contributed by atoms with Crippen molar-refractivity contribution in [3.8, 4) is 17.3 Å². The van der Waals surface area contributed by atoms with E-state index in [1.807, 2.05) is 17.9 Å². The number of nitrogens with zero attached hydrogens (tertiary/aromatic N) is 6. The summed E-state index contributed by atoms with van der Waals surface area (Å²) in [5.74, 6) is 0.199. The molecule has 2 aliphatic heterocycles. The van der Waals surface area contributed by atoms with E-state index in [1.165, 1.54) is 6.26 Å². The highest BCUT2D eigenvalue weighted by atomic mass is 35.5. The van der Waals surface area contributed by atoms with Crippen LogP contribution in [0.2, 0.25) is 0 Å². The Morgan fingerprint density at radius 3 is 2.48 bits per heavy atom. The van der Waals surface area contributed by atoms with Crippen LogP contribution in [-0.4, -0.2) is 95.5 Å². The second-order valence-corrected chi connectivity index (χ2v) is 11.1. The number of ether oxygens (including phenoxy) is 3. The van der Waals surface area contributed by atoms with Gasteiger partial charge in [-0.2, -0.15) is 9.97 Å². The molecule has 0 spiro atoms. The Hall–Kier alpha value is -3.78. The van der Waals surface area contributed by atoms with Gasteiger partial charge in [0.2, 0.25) is 17.4 Å². The third-order valence-electron chi connectivity index (χ3n) is 8.23. The van der Waals surface area contributed by atoms with Crippen molar-refractivity contribution in [3.63, 3.8) is 0 Å². The molecule has 1 aliphatic carbocycles. The molecule has 3 fully saturated rings. The Bertz CT molecular complexity index is 1580. The Balaban J connectivity index is 0.00000343. The predicted octanol–water partition coefficient (Wildman–Crippen LogP) is 4.11. The number of nitrogens with one attached hydrogen (secondary N) is 1. The van der Waals surface area contributed by atoms with Crippen LogP contribution in [-0.2, 0) is 9.47 Å². The first kappa shape index (κ1) is 30.3. The number of oxazole rings is 2. The van der Waals surface area contributed by atoms with E-state index in [9.17, 15) is 4.79 Å². The standard InChI is InChI=1S/C30H35N7O6.ClH/c1-19-16-20(6-7-31-19)28-33-24(18-41-28)27(38)32-23-17-25-26(35-30(43-25)37-10-14-40-15-11-37)34-29(23)42-22-4-2-21(3-5-22)36-8-12-39-13-9-36;/h6-7,16-18,21-22H,2-5,8-15H2,1H3,(H,32,38);1H/t21-,22-;. The maximum Gasteiger partial charge on any atom is 0.300 e. The number of rotatable bonds is 7. The van der Waals surface area contributed by atoms with Crippen molar-refractivity contribution in [2.45, 2.75) is 44.8 Å². The zero-order chi connectivity index (χ0) is 29.2. The topological polar surface area (TPSA) is 141 Å². The summed E-state index contributed by atoms with van der Waals surface area (Å²) in [5, 5.41) is 2.93. The molecule has 1 saturated carbocycles. The number of morpholine rings is 2. The molecule has 44 heavy (non-hydrogen) atoms. The van der Waals surface area contributed by atoms with Crippen LogP contribution in [0, 0.1) is 6.92 Å². The number of hydrogen-bond acceptors (Lipinski definition) is 12. The fraction of sp³-hybridized carbons (Fsp3) is 0.500. The van der Waals surface area contributed by atoms with Crippen LogP contribution in [0.15, 0.2) is 39.5 Å². The number of pyridine rings is 2. The molecular weight excluding hydrogens is 590 g/mol. The molecule has 0 radical (unpaired) electrons. The average Bonchev–Trinajstić information content (AvgIpc) is 3.70. The number of halogens is 1. The zero-order valence-corrected chi connectivity index (χ0v) is 25.4. The Labute approximate surface area is 260 Å². The molecule has 1 amide bonds. The molecule has 3 aliphatic rings. The molecular formula is C30H36ClN7O6. The van der Waals surface area contributed by atoms with E-state index < -0.39 is 5.91 Å². The summed E-state index contributed by atoms with van der Waals surface area (Å²) in [7, 11) is 0. The van der Waals surface area contributed by atoms with Gasteiger partial charge in [-0.1, -0.05) is 0 Å². The quantitative estimate of drug-likeness (QED) is 0.316. The molecule has 2 saturated heterocycles. The van der Waals surface area contributed by atoms with Gasteiger partial charge in [-0.15, -0.1) is 12.4 Å². The SMILES string of the molecule is Cc1cc(-c2nc(C(=O)Nc3cc4oc(N5CCOCC5)nc4nc3O[C@H]3CC[C@H](N4CCOCC4)CC3)co2)ccn1.Cl. The van der Waals surface area contributed by atoms with Gasteiger partial charge in [0.05, 0.1) is 26.4 Å². The number of carbonyl (C=O) groups is 1. The van der Waals surface area contributed by atoms with Crippen LogP contribution >= 0.6 is 12.4 Å². The number of hydrogen-bond donors (Lipinski definition) is 1. The Morgan fingerprint density at radius 1 is 0.977 bits per heavy atom. The first-order valence-electron chi connectivity index (χ1n) is 14.9. The minimum absolute atomic E-state index is 0. The van der Waals surface area contributed by atoms with E-state index in [0.29, 0.717) is 67.0 Å². The smallest absolute Gasteiger partial charge is 0.300 e. The fourth-order valence-corrected chi connectivity index (χ4v) is 5.91. The Morgan fingerprint density at radius 2 is 1.73 bits per heavy atom. The van der Waals surface area contributed by atoms with E-state index in [-0.39, 0.29) is 24.2 Å². The maximum atomic E-state index is 13.4. The molecule has 234 valence electrons. The van der Waals surface area contributed by atoms with Crippen LogP contribution in [0.3, 0.4) is 0 Å². The summed E-state index contributed by atoms with van der Waals surface area (Å²) >= 11 is 0. The van der Waals surface area contributed by atoms with Crippen LogP contribution in [0.1, 0.15) is 41.9 Å². The first-order chi connectivity index (χ1) is 21.1. The summed E-state index contributed by atoms with van der Waals surface area (Å²) in [6.45, 7) is 8.00. The number of amides is 1. The van der Waals surface area contributed by atoms with Crippen LogP contribution < -0.4 is 15.0 Å². The number of aromatic nitrogens is 4. The molecule has 1 N–H and O–H groups in total. The summed E-state index contributed by atoms with van der Waals surface area (Å²) in [4.78, 5) is 35.9. The van der Waals surface area contributed by atoms with Gasteiger partial charge in [0.1, 0.15) is 18.1 Å². The fourth-order valence-electron chi connectivity index (χ4n) is 5.91. The van der Waals surface area contributed by atoms with Crippen LogP contribution in [0.25, 0.3) is 22.7 Å². The zero-order valence-electron chi connectivity index (χ0n) is 24.6. The summed E-state index contributed by atoms with van der Waals surface area (Å²) in [5.41, 5.74) is 2.96. The molecule has 0 bridgehead atoms. The normalized spacial score (nSPS) is 21.2. The molecule has 0 aromatic carbocycles. The molecule has 14 heteroatoms. The average molecular weight is 626 g/mol. The lowest BCUT2D eigenvalue weighted by Crippen LogP contribution is -2.46. The third-order valence-corrected chi connectivity index (χ3v) is 8.23. The maximum absolute atomic E-state index is 13.4. The largest absolute Gasteiger partial charge is 0.473 e. The highest BCUT2D eigenvalue weighted by Gasteiger charge is 2.29. The molecule has 0 atom stereocenters. The second kappa shape index (κ2) is 13.5. The van der Waals surface area contributed by atoms with Gasteiger partial charge >= 0.3 is 0 Å². The van der Waals surface area contributed by atoms with Gasteiger partial charge in [-0.3, -0.25) is 14.7 Å². The summed E-state index contributed by atoms with van der Waals surface area (Å²) in [6, 6.07) is 6.37. The highest BCUT2D eigenvalue weighted by molar-refractivity contribution is 6.04. The van der Waals surface area contributed by atoms with Crippen molar-refractivity contribution in [1.82, 2.24) is 24.8 Å². The van der Waals surface area contributed by atoms with Crippen LogP contribution in [0.4, 0.5) is 11.7 Å². The van der Waals surface area contributed by atoms with Crippen molar-refractivity contribution in [1.29, 1.82) is 0 Å². The lowest BCUT2D eigenvalue weighted by atomic mass is 9.91. The van der Waals surface area contributed by atoms with E-state index in [1.54, 1.807) is 18.3 Å². The van der Waals surface area contributed by atoms with E-state index in [0.717, 1.165) is 63.2 Å². The van der Waals surface area contributed by atoms with Crippen molar-refractivity contribution in [2.75, 3.05) is 62.8 Å². The van der Waals surface area contributed by atoms with Crippen LogP contribution in [0.5, 0.6) is 5.88 Å². The van der Waals surface area contributed by atoms with Gasteiger partial charge < -0.3 is 33.3 Å². The molecule has 4 aromatic rings. The van der Waals surface area contributed by atoms with Gasteiger partial charge in [-0.25, -0.2) is 4.98 Å². The highest BCUT2D eigenvalue weighted by Crippen LogP contribution is 2.34. The van der Waals surface area contributed by atoms with Gasteiger partial charge in [0, 0.05) is 55.7 Å². The van der Waals surface area contributed by atoms with Gasteiger partial charge in [0.15, 0.2) is 11.3 Å². The van der Waals surface area contributed by atoms with Crippen molar-refractivity contribution in [2.24, 2.45) is 0 Å². The second-order valence-electron chi connectivity index (χ2n) is 11.1. The molecule has 4 aromatic heterocycles. The lowest BCUT2D eigenvalue weighted by molar-refractivity contribution is -0.00130. The summed E-state index contributed by atoms with van der Waals surface area (Å²) in [6.07, 6.45) is 6.85. The van der Waals surface area contributed by atoms with E-state index in [2.05, 4.69) is 25.2 Å². The molecule has 13 nitrogen and oxygen atoms in total. The monoisotopic (exact) mass is 625 g/mol. The van der Waals surface area contributed by atoms with E-state index >= 15 is 0 Å². The van der Waals surface area contributed by atoms with Crippen molar-refractivity contribution in [3.05, 3.63) is 42.0 Å². The summed E-state index contributed by atoms with van der Waals surface area (Å²) < 4.78 is 29.2. The van der Waals surface area contributed by atoms with E-state index in [4.69, 9.17) is 28.0 Å². The molecule has 0 unspecified atom stereocenters. The number of aryl methyl sites for hydroxylation is 1. The first-order valence-corrected chi connectivity index (χ1v) is 14.9.